The van der Waals surface area contributed by atoms with Crippen molar-refractivity contribution in [2.45, 2.75) is 25.7 Å². The van der Waals surface area contributed by atoms with Gasteiger partial charge in [-0.05, 0) is 78.1 Å². The molecule has 1 amide bonds. The van der Waals surface area contributed by atoms with Crippen LogP contribution < -0.4 is 14.8 Å². The van der Waals surface area contributed by atoms with Crippen molar-refractivity contribution >= 4 is 56.7 Å². The first-order valence-corrected chi connectivity index (χ1v) is 12.5. The molecular formula is C26H23IN2O3S. The number of aryl methyl sites for hydroxylation is 1. The predicted molar refractivity (Wildman–Crippen MR) is 143 cm³/mol. The van der Waals surface area contributed by atoms with Gasteiger partial charge in [0.15, 0.2) is 11.5 Å². The first-order valence-electron chi connectivity index (χ1n) is 10.6. The van der Waals surface area contributed by atoms with Crippen LogP contribution >= 0.6 is 33.9 Å². The summed E-state index contributed by atoms with van der Waals surface area (Å²) in [4.78, 5) is 19.3. The Morgan fingerprint density at radius 1 is 1.27 bits per heavy atom. The fraction of sp³-hybridized carbons (Fsp3) is 0.231. The predicted octanol–water partition coefficient (Wildman–Crippen LogP) is 6.26. The molecule has 0 radical (unpaired) electrons. The van der Waals surface area contributed by atoms with Crippen LogP contribution in [0.3, 0.4) is 0 Å². The van der Waals surface area contributed by atoms with Gasteiger partial charge in [-0.1, -0.05) is 24.1 Å². The topological polar surface area (TPSA) is 59.9 Å². The Bertz CT molecular complexity index is 1230. The maximum Gasteiger partial charge on any atom is 0.259 e. The lowest BCUT2D eigenvalue weighted by Crippen LogP contribution is -2.14. The van der Waals surface area contributed by atoms with E-state index >= 15 is 0 Å². The number of nitrogens with zero attached hydrogens (tertiary/aromatic N) is 1. The summed E-state index contributed by atoms with van der Waals surface area (Å²) in [5.74, 6) is 3.49. The molecule has 0 saturated carbocycles. The van der Waals surface area contributed by atoms with Crippen molar-refractivity contribution in [3.05, 3.63) is 67.6 Å². The normalized spacial score (nSPS) is 12.8. The zero-order valence-corrected chi connectivity index (χ0v) is 21.2. The highest BCUT2D eigenvalue weighted by atomic mass is 127. The van der Waals surface area contributed by atoms with Crippen LogP contribution in [-0.2, 0) is 12.8 Å². The number of nitrogens with one attached hydrogen (secondary N) is 1. The number of carbonyl (C=O) groups excluding carboxylic acids is 1. The number of terminal acetylenes is 1. The Kier molecular flexibility index (Phi) is 7.68. The van der Waals surface area contributed by atoms with E-state index < -0.39 is 0 Å². The number of methoxy groups -OCH3 is 1. The molecule has 0 saturated heterocycles. The molecule has 5 nitrogen and oxygen atoms in total. The maximum atomic E-state index is 13.3. The summed E-state index contributed by atoms with van der Waals surface area (Å²) in [7, 11) is 1.59. The summed E-state index contributed by atoms with van der Waals surface area (Å²) in [6.07, 6.45) is 11.2. The largest absolute Gasteiger partial charge is 0.493 e. The van der Waals surface area contributed by atoms with Gasteiger partial charge in [0.2, 0.25) is 0 Å². The summed E-state index contributed by atoms with van der Waals surface area (Å²) in [6.45, 7) is 0.121. The zero-order chi connectivity index (χ0) is 23.2. The van der Waals surface area contributed by atoms with Gasteiger partial charge in [-0.3, -0.25) is 4.79 Å². The molecular weight excluding hydrogens is 547 g/mol. The minimum absolute atomic E-state index is 0.121. The van der Waals surface area contributed by atoms with E-state index in [1.54, 1.807) is 24.7 Å². The molecule has 1 aromatic heterocycles. The second-order valence-corrected chi connectivity index (χ2v) is 9.82. The quantitative estimate of drug-likeness (QED) is 0.208. The van der Waals surface area contributed by atoms with Crippen LogP contribution in [0.4, 0.5) is 10.7 Å². The molecule has 0 aliphatic heterocycles. The lowest BCUT2D eigenvalue weighted by Gasteiger charge is -2.13. The summed E-state index contributed by atoms with van der Waals surface area (Å²) >= 11 is 3.82. The number of fused-ring (bicyclic) bond motifs is 1. The van der Waals surface area contributed by atoms with Gasteiger partial charge < -0.3 is 14.8 Å². The monoisotopic (exact) mass is 570 g/mol. The molecule has 1 aliphatic rings. The number of aliphatic imine (C=N–C) groups is 1. The number of hydrogen-bond donors (Lipinski definition) is 1. The molecule has 0 bridgehead atoms. The van der Waals surface area contributed by atoms with Crippen molar-refractivity contribution in [1.82, 2.24) is 0 Å². The zero-order valence-electron chi connectivity index (χ0n) is 18.2. The van der Waals surface area contributed by atoms with Crippen LogP contribution in [0, 0.1) is 15.9 Å². The van der Waals surface area contributed by atoms with Gasteiger partial charge in [-0.15, -0.1) is 17.8 Å². The number of halogens is 1. The third kappa shape index (κ3) is 5.40. The number of thiophene rings is 1. The van der Waals surface area contributed by atoms with E-state index in [1.165, 1.54) is 4.88 Å². The molecule has 0 fully saturated rings. The van der Waals surface area contributed by atoms with Gasteiger partial charge in [-0.2, -0.15) is 0 Å². The Morgan fingerprint density at radius 2 is 2.06 bits per heavy atom. The van der Waals surface area contributed by atoms with Crippen LogP contribution in [0.2, 0.25) is 0 Å². The lowest BCUT2D eigenvalue weighted by molar-refractivity contribution is 0.102. The second kappa shape index (κ2) is 10.9. The highest BCUT2D eigenvalue weighted by molar-refractivity contribution is 14.1. The average molecular weight is 570 g/mol. The van der Waals surface area contributed by atoms with Gasteiger partial charge in [0, 0.05) is 25.9 Å². The number of para-hydroxylation sites is 1. The molecule has 2 aromatic carbocycles. The summed E-state index contributed by atoms with van der Waals surface area (Å²) < 4.78 is 12.2. The second-order valence-electron chi connectivity index (χ2n) is 7.49. The van der Waals surface area contributed by atoms with Crippen LogP contribution in [0.15, 0.2) is 47.5 Å². The molecule has 4 rings (SSSR count). The van der Waals surface area contributed by atoms with Gasteiger partial charge in [-0.25, -0.2) is 4.99 Å². The van der Waals surface area contributed by atoms with Crippen LogP contribution in [0.5, 0.6) is 11.5 Å². The van der Waals surface area contributed by atoms with Crippen molar-refractivity contribution < 1.29 is 14.3 Å². The third-order valence-corrected chi connectivity index (χ3v) is 7.12. The first-order chi connectivity index (χ1) is 16.1. The summed E-state index contributed by atoms with van der Waals surface area (Å²) in [5, 5.41) is 3.73. The highest BCUT2D eigenvalue weighted by Gasteiger charge is 2.25. The maximum absolute atomic E-state index is 13.3. The van der Waals surface area contributed by atoms with E-state index in [1.807, 2.05) is 42.5 Å². The van der Waals surface area contributed by atoms with Gasteiger partial charge in [0.05, 0.1) is 12.7 Å². The molecule has 0 unspecified atom stereocenters. The number of carbonyl (C=O) groups is 1. The molecule has 3 aromatic rings. The molecule has 1 heterocycles. The van der Waals surface area contributed by atoms with Crippen molar-refractivity contribution in [1.29, 1.82) is 0 Å². The Balaban J connectivity index is 1.73. The van der Waals surface area contributed by atoms with Gasteiger partial charge in [0.25, 0.3) is 5.91 Å². The van der Waals surface area contributed by atoms with E-state index in [0.29, 0.717) is 22.1 Å². The minimum Gasteiger partial charge on any atom is -0.493 e. The number of hydrogen-bond acceptors (Lipinski definition) is 5. The standard InChI is InChI=1S/C26H23IN2O3S/c1-3-13-32-24-17(14-18(27)15-21(24)31-2)16-28-26-23(20-11-7-8-12-22(20)33-26)25(30)29-19-9-5-4-6-10-19/h1,4-6,9-10,14-16H,7-8,11-13H2,2H3,(H,29,30). The molecule has 33 heavy (non-hydrogen) atoms. The number of benzene rings is 2. The number of rotatable bonds is 7. The minimum atomic E-state index is -0.128. The number of anilines is 1. The van der Waals surface area contributed by atoms with Gasteiger partial charge >= 0.3 is 0 Å². The smallest absolute Gasteiger partial charge is 0.259 e. The molecule has 7 heteroatoms. The van der Waals surface area contributed by atoms with Crippen molar-refractivity contribution in [3.63, 3.8) is 0 Å². The fourth-order valence-electron chi connectivity index (χ4n) is 3.82. The fourth-order valence-corrected chi connectivity index (χ4v) is 5.67. The molecule has 0 atom stereocenters. The molecule has 0 spiro atoms. The Labute approximate surface area is 211 Å². The van der Waals surface area contributed by atoms with Crippen LogP contribution in [-0.4, -0.2) is 25.8 Å². The Morgan fingerprint density at radius 3 is 2.82 bits per heavy atom. The van der Waals surface area contributed by atoms with Gasteiger partial charge in [0.1, 0.15) is 11.6 Å². The SMILES string of the molecule is C#CCOc1c(C=Nc2sc3c(c2C(=O)Nc2ccccc2)CCCC3)cc(I)cc1OC. The number of amides is 1. The van der Waals surface area contributed by atoms with Crippen molar-refractivity contribution in [3.8, 4) is 23.8 Å². The Hall–Kier alpha value is -2.83. The van der Waals surface area contributed by atoms with E-state index in [2.05, 4.69) is 33.8 Å². The molecule has 168 valence electrons. The summed E-state index contributed by atoms with van der Waals surface area (Å²) in [5.41, 5.74) is 3.30. The van der Waals surface area contributed by atoms with Crippen LogP contribution in [0.25, 0.3) is 0 Å². The average Bonchev–Trinajstić information content (AvgIpc) is 3.20. The highest BCUT2D eigenvalue weighted by Crippen LogP contribution is 2.41. The van der Waals surface area contributed by atoms with E-state index in [9.17, 15) is 4.79 Å². The van der Waals surface area contributed by atoms with E-state index in [-0.39, 0.29) is 12.5 Å². The lowest BCUT2D eigenvalue weighted by atomic mass is 9.95. The third-order valence-electron chi connectivity index (χ3n) is 5.30. The van der Waals surface area contributed by atoms with E-state index in [4.69, 9.17) is 20.9 Å². The number of ether oxygens (including phenoxy) is 2. The molecule has 1 aliphatic carbocycles. The van der Waals surface area contributed by atoms with E-state index in [0.717, 1.165) is 46.1 Å². The van der Waals surface area contributed by atoms with Crippen molar-refractivity contribution in [2.75, 3.05) is 19.0 Å². The first kappa shape index (κ1) is 23.3. The molecule has 1 N–H and O–H groups in total. The van der Waals surface area contributed by atoms with Crippen molar-refractivity contribution in [2.24, 2.45) is 4.99 Å². The van der Waals surface area contributed by atoms with Crippen LogP contribution in [0.1, 0.15) is 39.2 Å². The summed E-state index contributed by atoms with van der Waals surface area (Å²) in [6, 6.07) is 13.3.